The standard InChI is InChI=1S/C19H23N3O4/c1-25-16-3-2-15-17(21-16)13(6-10-20-15)7-11-22(18(23)24)19-8-4-14(5-9-19)26-12-19/h2-3,6,10,14H,4-5,7-9,11-12H2,1H3,(H,23,24). The lowest BCUT2D eigenvalue weighted by Crippen LogP contribution is -2.61. The number of methoxy groups -OCH3 is 1. The Hall–Kier alpha value is -2.41. The van der Waals surface area contributed by atoms with Crippen LogP contribution in [-0.2, 0) is 11.2 Å². The summed E-state index contributed by atoms with van der Waals surface area (Å²) in [5.74, 6) is 0.527. The Morgan fingerprint density at radius 3 is 2.85 bits per heavy atom. The summed E-state index contributed by atoms with van der Waals surface area (Å²) in [5, 5.41) is 9.83. The Labute approximate surface area is 151 Å². The van der Waals surface area contributed by atoms with Crippen LogP contribution in [0, 0.1) is 0 Å². The molecule has 0 aromatic carbocycles. The fourth-order valence-electron chi connectivity index (χ4n) is 4.20. The number of aromatic nitrogens is 2. The average Bonchev–Trinajstić information content (AvgIpc) is 2.69. The molecule has 2 aliphatic heterocycles. The number of fused-ring (bicyclic) bond motifs is 4. The van der Waals surface area contributed by atoms with Crippen molar-refractivity contribution in [3.63, 3.8) is 0 Å². The summed E-state index contributed by atoms with van der Waals surface area (Å²) in [5.41, 5.74) is 2.14. The molecule has 1 saturated carbocycles. The quantitative estimate of drug-likeness (QED) is 0.886. The largest absolute Gasteiger partial charge is 0.481 e. The molecule has 2 saturated heterocycles. The first-order valence-corrected chi connectivity index (χ1v) is 9.02. The number of nitrogens with zero attached hydrogens (tertiary/aromatic N) is 3. The lowest BCUT2D eigenvalue weighted by Gasteiger charge is -2.51. The van der Waals surface area contributed by atoms with E-state index in [0.717, 1.165) is 42.3 Å². The van der Waals surface area contributed by atoms with Crippen molar-refractivity contribution in [1.82, 2.24) is 14.9 Å². The van der Waals surface area contributed by atoms with Crippen molar-refractivity contribution in [2.45, 2.75) is 43.7 Å². The van der Waals surface area contributed by atoms with Gasteiger partial charge in [-0.3, -0.25) is 4.98 Å². The van der Waals surface area contributed by atoms with E-state index >= 15 is 0 Å². The van der Waals surface area contributed by atoms with E-state index in [-0.39, 0.29) is 5.54 Å². The van der Waals surface area contributed by atoms with Gasteiger partial charge in [-0.25, -0.2) is 9.78 Å². The summed E-state index contributed by atoms with van der Waals surface area (Å²) in [6.45, 7) is 0.925. The highest BCUT2D eigenvalue weighted by Crippen LogP contribution is 2.40. The molecule has 3 fully saturated rings. The molecule has 4 heterocycles. The van der Waals surface area contributed by atoms with Gasteiger partial charge in [0, 0.05) is 18.8 Å². The molecule has 2 bridgehead atoms. The first-order valence-electron chi connectivity index (χ1n) is 9.02. The Morgan fingerprint density at radius 1 is 1.38 bits per heavy atom. The van der Waals surface area contributed by atoms with Crippen LogP contribution in [0.4, 0.5) is 4.79 Å². The van der Waals surface area contributed by atoms with E-state index in [1.54, 1.807) is 24.3 Å². The second-order valence-corrected chi connectivity index (χ2v) is 7.11. The van der Waals surface area contributed by atoms with Gasteiger partial charge >= 0.3 is 6.09 Å². The molecule has 0 radical (unpaired) electrons. The van der Waals surface area contributed by atoms with E-state index in [4.69, 9.17) is 9.47 Å². The van der Waals surface area contributed by atoms with Gasteiger partial charge in [0.25, 0.3) is 0 Å². The first kappa shape index (κ1) is 17.0. The highest BCUT2D eigenvalue weighted by molar-refractivity contribution is 5.78. The van der Waals surface area contributed by atoms with Crippen LogP contribution in [0.5, 0.6) is 5.88 Å². The zero-order chi connectivity index (χ0) is 18.1. The monoisotopic (exact) mass is 357 g/mol. The van der Waals surface area contributed by atoms with Crippen molar-refractivity contribution in [1.29, 1.82) is 0 Å². The summed E-state index contributed by atoms with van der Waals surface area (Å²) < 4.78 is 11.0. The molecule has 0 unspecified atom stereocenters. The van der Waals surface area contributed by atoms with Crippen LogP contribution < -0.4 is 4.74 Å². The third kappa shape index (κ3) is 2.96. The lowest BCUT2D eigenvalue weighted by molar-refractivity contribution is -0.126. The van der Waals surface area contributed by atoms with E-state index in [1.807, 2.05) is 12.1 Å². The number of hydrogen-bond acceptors (Lipinski definition) is 5. The van der Waals surface area contributed by atoms with Gasteiger partial charge in [0.15, 0.2) is 0 Å². The van der Waals surface area contributed by atoms with Crippen LogP contribution in [0.2, 0.25) is 0 Å². The van der Waals surface area contributed by atoms with Crippen LogP contribution in [0.1, 0.15) is 31.2 Å². The Morgan fingerprint density at radius 2 is 2.19 bits per heavy atom. The van der Waals surface area contributed by atoms with Gasteiger partial charge in [-0.1, -0.05) is 0 Å². The van der Waals surface area contributed by atoms with Gasteiger partial charge in [0.1, 0.15) is 0 Å². The molecular weight excluding hydrogens is 334 g/mol. The Kier molecular flexibility index (Phi) is 4.40. The molecule has 1 amide bonds. The number of rotatable bonds is 5. The molecule has 138 valence electrons. The molecule has 3 aliphatic rings. The predicted octanol–water partition coefficient (Wildman–Crippen LogP) is 2.87. The van der Waals surface area contributed by atoms with Crippen LogP contribution in [0.15, 0.2) is 24.4 Å². The molecule has 0 atom stereocenters. The summed E-state index contributed by atoms with van der Waals surface area (Å²) in [4.78, 5) is 22.4. The third-order valence-electron chi connectivity index (χ3n) is 5.71. The minimum Gasteiger partial charge on any atom is -0.481 e. The van der Waals surface area contributed by atoms with E-state index in [2.05, 4.69) is 9.97 Å². The predicted molar refractivity (Wildman–Crippen MR) is 95.5 cm³/mol. The fraction of sp³-hybridized carbons (Fsp3) is 0.526. The molecule has 2 aromatic rings. The lowest BCUT2D eigenvalue weighted by atomic mass is 9.77. The summed E-state index contributed by atoms with van der Waals surface area (Å²) >= 11 is 0. The van der Waals surface area contributed by atoms with Crippen LogP contribution in [0.3, 0.4) is 0 Å². The SMILES string of the molecule is COc1ccc2nccc(CCN(C(=O)O)C34CCC(CC3)OC4)c2n1. The number of carbonyl (C=O) groups is 1. The maximum atomic E-state index is 12.0. The Bertz CT molecular complexity index is 804. The zero-order valence-electron chi connectivity index (χ0n) is 14.9. The molecule has 5 rings (SSSR count). The summed E-state index contributed by atoms with van der Waals surface area (Å²) in [6.07, 6.45) is 5.41. The van der Waals surface area contributed by atoms with Crippen molar-refractivity contribution in [2.24, 2.45) is 0 Å². The molecule has 7 nitrogen and oxygen atoms in total. The van der Waals surface area contributed by atoms with Crippen molar-refractivity contribution in [3.8, 4) is 5.88 Å². The zero-order valence-corrected chi connectivity index (χ0v) is 14.9. The van der Waals surface area contributed by atoms with Gasteiger partial charge < -0.3 is 19.5 Å². The van der Waals surface area contributed by atoms with Gasteiger partial charge in [0.2, 0.25) is 5.88 Å². The average molecular weight is 357 g/mol. The van der Waals surface area contributed by atoms with E-state index < -0.39 is 6.09 Å². The molecule has 0 spiro atoms. The highest BCUT2D eigenvalue weighted by atomic mass is 16.5. The molecule has 2 aromatic heterocycles. The molecule has 1 N–H and O–H groups in total. The minimum absolute atomic E-state index is 0.313. The fourth-order valence-corrected chi connectivity index (χ4v) is 4.20. The molecule has 26 heavy (non-hydrogen) atoms. The second kappa shape index (κ2) is 6.72. The van der Waals surface area contributed by atoms with Crippen LogP contribution >= 0.6 is 0 Å². The molecule has 7 heteroatoms. The van der Waals surface area contributed by atoms with Gasteiger partial charge in [0.05, 0.1) is 36.4 Å². The topological polar surface area (TPSA) is 84.8 Å². The van der Waals surface area contributed by atoms with Crippen molar-refractivity contribution < 1.29 is 19.4 Å². The van der Waals surface area contributed by atoms with E-state index in [9.17, 15) is 9.90 Å². The van der Waals surface area contributed by atoms with Crippen molar-refractivity contribution in [2.75, 3.05) is 20.3 Å². The van der Waals surface area contributed by atoms with E-state index in [1.165, 1.54) is 0 Å². The number of pyridine rings is 2. The third-order valence-corrected chi connectivity index (χ3v) is 5.71. The number of amides is 1. The minimum atomic E-state index is -0.877. The van der Waals surface area contributed by atoms with Crippen LogP contribution in [-0.4, -0.2) is 58.0 Å². The molecule has 1 aliphatic carbocycles. The van der Waals surface area contributed by atoms with Gasteiger partial charge in [-0.05, 0) is 49.8 Å². The number of carboxylic acid groups (broad SMARTS) is 1. The number of ether oxygens (including phenoxy) is 2. The van der Waals surface area contributed by atoms with Crippen LogP contribution in [0.25, 0.3) is 11.0 Å². The van der Waals surface area contributed by atoms with Gasteiger partial charge in [-0.15, -0.1) is 0 Å². The summed E-state index contributed by atoms with van der Waals surface area (Å²) in [6, 6.07) is 5.55. The first-order chi connectivity index (χ1) is 12.6. The normalized spacial score (nSPS) is 24.6. The van der Waals surface area contributed by atoms with Crippen molar-refractivity contribution in [3.05, 3.63) is 30.0 Å². The maximum absolute atomic E-state index is 12.0. The smallest absolute Gasteiger partial charge is 0.407 e. The summed E-state index contributed by atoms with van der Waals surface area (Å²) in [7, 11) is 1.58. The highest BCUT2D eigenvalue weighted by Gasteiger charge is 2.47. The van der Waals surface area contributed by atoms with E-state index in [0.29, 0.717) is 31.6 Å². The number of hydrogen-bond donors (Lipinski definition) is 1. The maximum Gasteiger partial charge on any atom is 0.407 e. The van der Waals surface area contributed by atoms with Gasteiger partial charge in [-0.2, -0.15) is 0 Å². The molecular formula is C19H23N3O4. The van der Waals surface area contributed by atoms with Crippen molar-refractivity contribution >= 4 is 17.1 Å². The second-order valence-electron chi connectivity index (χ2n) is 7.11. The Balaban J connectivity index is 1.58.